The summed E-state index contributed by atoms with van der Waals surface area (Å²) in [5, 5.41) is 7.50. The van der Waals surface area contributed by atoms with Gasteiger partial charge >= 0.3 is 0 Å². The van der Waals surface area contributed by atoms with E-state index in [4.69, 9.17) is 11.6 Å². The van der Waals surface area contributed by atoms with Gasteiger partial charge in [0.25, 0.3) is 11.5 Å². The Hall–Kier alpha value is -3.32. The van der Waals surface area contributed by atoms with Crippen molar-refractivity contribution in [2.75, 3.05) is 5.32 Å². The van der Waals surface area contributed by atoms with Gasteiger partial charge in [-0.15, -0.1) is 0 Å². The van der Waals surface area contributed by atoms with Gasteiger partial charge in [-0.1, -0.05) is 44.5 Å². The quantitative estimate of drug-likeness (QED) is 0.472. The van der Waals surface area contributed by atoms with Gasteiger partial charge < -0.3 is 15.3 Å². The number of aromatic nitrogens is 4. The molecule has 1 aromatic carbocycles. The van der Waals surface area contributed by atoms with E-state index in [9.17, 15) is 9.59 Å². The van der Waals surface area contributed by atoms with Crippen molar-refractivity contribution in [2.45, 2.75) is 26.2 Å². The monoisotopic (exact) mass is 409 g/mol. The second-order valence-electron chi connectivity index (χ2n) is 7.85. The van der Waals surface area contributed by atoms with Gasteiger partial charge in [0.1, 0.15) is 11.3 Å². The van der Waals surface area contributed by atoms with Crippen LogP contribution in [0.2, 0.25) is 5.02 Å². The minimum atomic E-state index is -0.278. The summed E-state index contributed by atoms with van der Waals surface area (Å²) in [6, 6.07) is 10.5. The van der Waals surface area contributed by atoms with Crippen molar-refractivity contribution in [2.24, 2.45) is 0 Å². The topological polar surface area (TPSA) is 95.1 Å². The lowest BCUT2D eigenvalue weighted by molar-refractivity contribution is 0.102. The number of benzene rings is 1. The number of carbonyl (C=O) groups excluding carboxylic acids is 1. The van der Waals surface area contributed by atoms with Crippen LogP contribution in [0.5, 0.6) is 0 Å². The van der Waals surface area contributed by atoms with E-state index in [1.807, 2.05) is 32.9 Å². The van der Waals surface area contributed by atoms with Gasteiger partial charge in [-0.2, -0.15) is 9.61 Å². The second kappa shape index (κ2) is 6.93. The molecule has 0 aliphatic carbocycles. The van der Waals surface area contributed by atoms with Crippen molar-refractivity contribution in [3.05, 3.63) is 75.6 Å². The highest BCUT2D eigenvalue weighted by Crippen LogP contribution is 2.26. The van der Waals surface area contributed by atoms with Gasteiger partial charge in [0.05, 0.1) is 11.2 Å². The fourth-order valence-corrected chi connectivity index (χ4v) is 3.19. The minimum absolute atomic E-state index is 0.177. The van der Waals surface area contributed by atoms with Crippen LogP contribution in [0.25, 0.3) is 16.8 Å². The standard InChI is InChI=1S/C21H20ClN5O2/c1-21(2,3)17-9-18(28)27-19(26-17)15(11-24-27)12-4-6-14(7-5-12)25-20(29)16-8-13(22)10-23-16/h4-11,23,26H,1-3H3,(H,25,29). The average molecular weight is 410 g/mol. The molecule has 0 atom stereocenters. The summed E-state index contributed by atoms with van der Waals surface area (Å²) < 4.78 is 1.36. The van der Waals surface area contributed by atoms with Crippen LogP contribution < -0.4 is 10.9 Å². The number of fused-ring (bicyclic) bond motifs is 1. The maximum Gasteiger partial charge on any atom is 0.274 e. The summed E-state index contributed by atoms with van der Waals surface area (Å²) in [4.78, 5) is 30.8. The van der Waals surface area contributed by atoms with E-state index in [1.165, 1.54) is 4.52 Å². The summed E-state index contributed by atoms with van der Waals surface area (Å²) >= 11 is 5.84. The molecule has 7 nitrogen and oxygen atoms in total. The largest absolute Gasteiger partial charge is 0.356 e. The molecule has 4 rings (SSSR count). The first-order valence-corrected chi connectivity index (χ1v) is 9.47. The lowest BCUT2D eigenvalue weighted by Gasteiger charge is -2.18. The Morgan fingerprint density at radius 3 is 2.52 bits per heavy atom. The molecule has 0 fully saturated rings. The van der Waals surface area contributed by atoms with Crippen molar-refractivity contribution >= 4 is 28.8 Å². The smallest absolute Gasteiger partial charge is 0.274 e. The summed E-state index contributed by atoms with van der Waals surface area (Å²) in [5.74, 6) is -0.278. The normalized spacial score (nSPS) is 11.7. The predicted molar refractivity (Wildman–Crippen MR) is 114 cm³/mol. The van der Waals surface area contributed by atoms with E-state index in [1.54, 1.807) is 36.7 Å². The number of nitrogens with one attached hydrogen (secondary N) is 3. The molecule has 0 radical (unpaired) electrons. The zero-order valence-electron chi connectivity index (χ0n) is 16.2. The number of hydrogen-bond acceptors (Lipinski definition) is 3. The van der Waals surface area contributed by atoms with Crippen LogP contribution in [0.1, 0.15) is 37.0 Å². The third-order valence-corrected chi connectivity index (χ3v) is 4.87. The molecule has 4 aromatic rings. The van der Waals surface area contributed by atoms with Gasteiger partial charge in [0.15, 0.2) is 0 Å². The average Bonchev–Trinajstić information content (AvgIpc) is 3.28. The number of H-pyrrole nitrogens is 2. The third-order valence-electron chi connectivity index (χ3n) is 4.65. The molecule has 0 aliphatic heterocycles. The summed E-state index contributed by atoms with van der Waals surface area (Å²) in [6.45, 7) is 6.12. The first-order chi connectivity index (χ1) is 13.7. The van der Waals surface area contributed by atoms with Crippen LogP contribution in [-0.4, -0.2) is 25.5 Å². The molecular formula is C21H20ClN5O2. The molecule has 0 spiro atoms. The number of rotatable bonds is 3. The summed E-state index contributed by atoms with van der Waals surface area (Å²) in [5.41, 5.74) is 3.81. The highest BCUT2D eigenvalue weighted by molar-refractivity contribution is 6.31. The zero-order chi connectivity index (χ0) is 20.8. The van der Waals surface area contributed by atoms with Crippen molar-refractivity contribution in [1.29, 1.82) is 0 Å². The fourth-order valence-electron chi connectivity index (χ4n) is 3.03. The summed E-state index contributed by atoms with van der Waals surface area (Å²) in [6.07, 6.45) is 3.21. The zero-order valence-corrected chi connectivity index (χ0v) is 17.0. The van der Waals surface area contributed by atoms with Crippen molar-refractivity contribution < 1.29 is 4.79 Å². The lowest BCUT2D eigenvalue weighted by atomic mass is 9.92. The van der Waals surface area contributed by atoms with Crippen LogP contribution in [-0.2, 0) is 5.41 Å². The van der Waals surface area contributed by atoms with E-state index in [0.717, 1.165) is 16.8 Å². The van der Waals surface area contributed by atoms with Crippen LogP contribution in [0.4, 0.5) is 5.69 Å². The maximum absolute atomic E-state index is 12.4. The predicted octanol–water partition coefficient (Wildman–Crippen LogP) is 4.22. The molecule has 0 saturated heterocycles. The molecule has 0 unspecified atom stereocenters. The molecule has 148 valence electrons. The number of carbonyl (C=O) groups is 1. The fraction of sp³-hybridized carbons (Fsp3) is 0.190. The molecule has 3 N–H and O–H groups in total. The number of hydrogen-bond donors (Lipinski definition) is 3. The molecule has 3 heterocycles. The Labute approximate surface area is 171 Å². The van der Waals surface area contributed by atoms with Gasteiger partial charge in [0.2, 0.25) is 0 Å². The van der Waals surface area contributed by atoms with Crippen molar-refractivity contribution in [1.82, 2.24) is 19.6 Å². The first-order valence-electron chi connectivity index (χ1n) is 9.09. The summed E-state index contributed by atoms with van der Waals surface area (Å²) in [7, 11) is 0. The number of nitrogens with zero attached hydrogens (tertiary/aromatic N) is 2. The highest BCUT2D eigenvalue weighted by Gasteiger charge is 2.18. The maximum atomic E-state index is 12.4. The highest BCUT2D eigenvalue weighted by atomic mass is 35.5. The van der Waals surface area contributed by atoms with Crippen LogP contribution in [0, 0.1) is 0 Å². The van der Waals surface area contributed by atoms with Crippen LogP contribution >= 0.6 is 11.6 Å². The molecule has 0 aliphatic rings. The number of anilines is 1. The number of amides is 1. The van der Waals surface area contributed by atoms with E-state index < -0.39 is 0 Å². The molecular weight excluding hydrogens is 390 g/mol. The second-order valence-corrected chi connectivity index (χ2v) is 8.29. The van der Waals surface area contributed by atoms with E-state index >= 15 is 0 Å². The first kappa shape index (κ1) is 19.0. The van der Waals surface area contributed by atoms with Gasteiger partial charge in [0, 0.05) is 34.6 Å². The van der Waals surface area contributed by atoms with Crippen molar-refractivity contribution in [3.63, 3.8) is 0 Å². The molecule has 8 heteroatoms. The van der Waals surface area contributed by atoms with Crippen LogP contribution in [0.15, 0.2) is 53.6 Å². The third kappa shape index (κ3) is 3.69. The Morgan fingerprint density at radius 1 is 1.17 bits per heavy atom. The SMILES string of the molecule is CC(C)(C)c1cc(=O)n2ncc(-c3ccc(NC(=O)c4cc(Cl)c[nH]4)cc3)c2[nH]1. The molecule has 29 heavy (non-hydrogen) atoms. The Bertz CT molecular complexity index is 1260. The van der Waals surface area contributed by atoms with Gasteiger partial charge in [-0.25, -0.2) is 0 Å². The molecule has 0 bridgehead atoms. The van der Waals surface area contributed by atoms with E-state index in [0.29, 0.717) is 22.1 Å². The van der Waals surface area contributed by atoms with Crippen molar-refractivity contribution in [3.8, 4) is 11.1 Å². The molecule has 1 amide bonds. The van der Waals surface area contributed by atoms with E-state index in [2.05, 4.69) is 20.4 Å². The molecule has 0 saturated carbocycles. The Morgan fingerprint density at radius 2 is 1.90 bits per heavy atom. The molecule has 3 aromatic heterocycles. The minimum Gasteiger partial charge on any atom is -0.356 e. The van der Waals surface area contributed by atoms with E-state index in [-0.39, 0.29) is 16.9 Å². The van der Waals surface area contributed by atoms with Gasteiger partial charge in [-0.05, 0) is 23.8 Å². The Kier molecular flexibility index (Phi) is 4.55. The number of aromatic amines is 2. The number of halogens is 1. The lowest BCUT2D eigenvalue weighted by Crippen LogP contribution is -2.22. The van der Waals surface area contributed by atoms with Crippen LogP contribution in [0.3, 0.4) is 0 Å². The van der Waals surface area contributed by atoms with Gasteiger partial charge in [-0.3, -0.25) is 9.59 Å². The Balaban J connectivity index is 1.65.